The molecule has 2 aromatic rings. The lowest BCUT2D eigenvalue weighted by atomic mass is 9.92. The van der Waals surface area contributed by atoms with Gasteiger partial charge in [-0.1, -0.05) is 0 Å². The number of methoxy groups -OCH3 is 1. The van der Waals surface area contributed by atoms with Gasteiger partial charge >= 0.3 is 0 Å². The van der Waals surface area contributed by atoms with Crippen LogP contribution in [0, 0.1) is 11.6 Å². The van der Waals surface area contributed by atoms with Crippen LogP contribution in [0.25, 0.3) is 0 Å². The highest BCUT2D eigenvalue weighted by Crippen LogP contribution is 2.36. The number of fused-ring (bicyclic) bond motifs is 1. The van der Waals surface area contributed by atoms with E-state index in [-0.39, 0.29) is 24.5 Å². The SMILES string of the molecule is COc1c(F)ccc(C(=O)NC2CCC(Oc3ccc4c(c3)OCO4)CC2)c1F. The number of hydrogen-bond acceptors (Lipinski definition) is 5. The van der Waals surface area contributed by atoms with Gasteiger partial charge in [0.15, 0.2) is 28.9 Å². The zero-order chi connectivity index (χ0) is 20.4. The first-order valence-corrected chi connectivity index (χ1v) is 9.44. The second-order valence-electron chi connectivity index (χ2n) is 7.02. The lowest BCUT2D eigenvalue weighted by Gasteiger charge is -2.29. The number of carbonyl (C=O) groups is 1. The average molecular weight is 405 g/mol. The first-order chi connectivity index (χ1) is 14.0. The van der Waals surface area contributed by atoms with Crippen LogP contribution in [-0.2, 0) is 0 Å². The number of halogens is 2. The van der Waals surface area contributed by atoms with Crippen LogP contribution in [0.2, 0.25) is 0 Å². The summed E-state index contributed by atoms with van der Waals surface area (Å²) in [6, 6.07) is 7.50. The molecule has 2 aliphatic rings. The molecule has 0 atom stereocenters. The molecule has 1 fully saturated rings. The molecule has 154 valence electrons. The number of ether oxygens (including phenoxy) is 4. The van der Waals surface area contributed by atoms with Crippen LogP contribution in [0.4, 0.5) is 8.78 Å². The number of carbonyl (C=O) groups excluding carboxylic acids is 1. The summed E-state index contributed by atoms with van der Waals surface area (Å²) in [5.74, 6) is -0.900. The zero-order valence-electron chi connectivity index (χ0n) is 15.9. The Balaban J connectivity index is 1.31. The minimum absolute atomic E-state index is 0.0196. The summed E-state index contributed by atoms with van der Waals surface area (Å²) >= 11 is 0. The molecular formula is C21H21F2NO5. The van der Waals surface area contributed by atoms with E-state index < -0.39 is 23.3 Å². The maximum atomic E-state index is 14.3. The summed E-state index contributed by atoms with van der Waals surface area (Å²) in [4.78, 5) is 12.4. The zero-order valence-corrected chi connectivity index (χ0v) is 15.9. The minimum atomic E-state index is -0.996. The van der Waals surface area contributed by atoms with Crippen LogP contribution in [0.1, 0.15) is 36.0 Å². The summed E-state index contributed by atoms with van der Waals surface area (Å²) in [5, 5.41) is 2.82. The van der Waals surface area contributed by atoms with Crippen molar-refractivity contribution in [2.75, 3.05) is 13.9 Å². The molecule has 1 amide bonds. The van der Waals surface area contributed by atoms with Gasteiger partial charge in [-0.05, 0) is 49.9 Å². The highest BCUT2D eigenvalue weighted by molar-refractivity contribution is 5.95. The molecule has 1 aliphatic carbocycles. The van der Waals surface area contributed by atoms with Gasteiger partial charge in [-0.2, -0.15) is 0 Å². The van der Waals surface area contributed by atoms with Crippen molar-refractivity contribution in [3.8, 4) is 23.0 Å². The normalized spacial score (nSPS) is 20.2. The van der Waals surface area contributed by atoms with E-state index >= 15 is 0 Å². The number of hydrogen-bond donors (Lipinski definition) is 1. The quantitative estimate of drug-likeness (QED) is 0.819. The fourth-order valence-corrected chi connectivity index (χ4v) is 3.63. The Labute approximate surface area is 166 Å². The van der Waals surface area contributed by atoms with Crippen LogP contribution in [-0.4, -0.2) is 32.0 Å². The van der Waals surface area contributed by atoms with E-state index in [1.54, 1.807) is 6.07 Å². The largest absolute Gasteiger partial charge is 0.491 e. The molecular weight excluding hydrogens is 384 g/mol. The lowest BCUT2D eigenvalue weighted by Crippen LogP contribution is -2.40. The highest BCUT2D eigenvalue weighted by atomic mass is 19.1. The van der Waals surface area contributed by atoms with Gasteiger partial charge in [0, 0.05) is 12.1 Å². The van der Waals surface area contributed by atoms with Gasteiger partial charge in [0.1, 0.15) is 5.75 Å². The smallest absolute Gasteiger partial charge is 0.254 e. The third-order valence-corrected chi connectivity index (χ3v) is 5.15. The fraction of sp³-hybridized carbons (Fsp3) is 0.381. The Bertz CT molecular complexity index is 912. The Hall–Kier alpha value is -3.03. The molecule has 0 spiro atoms. The van der Waals surface area contributed by atoms with Crippen molar-refractivity contribution < 1.29 is 32.5 Å². The molecule has 0 unspecified atom stereocenters. The maximum absolute atomic E-state index is 14.3. The van der Waals surface area contributed by atoms with Crippen molar-refractivity contribution in [2.45, 2.75) is 37.8 Å². The average Bonchev–Trinajstić information content (AvgIpc) is 3.17. The van der Waals surface area contributed by atoms with Gasteiger partial charge in [0.05, 0.1) is 18.8 Å². The minimum Gasteiger partial charge on any atom is -0.491 e. The van der Waals surface area contributed by atoms with Crippen LogP contribution in [0.5, 0.6) is 23.0 Å². The molecule has 0 saturated heterocycles. The topological polar surface area (TPSA) is 66.0 Å². The van der Waals surface area contributed by atoms with E-state index in [0.29, 0.717) is 30.1 Å². The first-order valence-electron chi connectivity index (χ1n) is 9.44. The Morgan fingerprint density at radius 3 is 2.59 bits per heavy atom. The monoisotopic (exact) mass is 405 g/mol. The fourth-order valence-electron chi connectivity index (χ4n) is 3.63. The summed E-state index contributed by atoms with van der Waals surface area (Å²) in [6.07, 6.45) is 2.90. The highest BCUT2D eigenvalue weighted by Gasteiger charge is 2.26. The van der Waals surface area contributed by atoms with Crippen molar-refractivity contribution in [1.82, 2.24) is 5.32 Å². The van der Waals surface area contributed by atoms with Crippen molar-refractivity contribution in [1.29, 1.82) is 0 Å². The molecule has 1 saturated carbocycles. The van der Waals surface area contributed by atoms with Crippen LogP contribution >= 0.6 is 0 Å². The lowest BCUT2D eigenvalue weighted by molar-refractivity contribution is 0.0888. The number of benzene rings is 2. The van der Waals surface area contributed by atoms with E-state index in [0.717, 1.165) is 32.1 Å². The van der Waals surface area contributed by atoms with Gasteiger partial charge in [-0.15, -0.1) is 0 Å². The van der Waals surface area contributed by atoms with Crippen LogP contribution in [0.3, 0.4) is 0 Å². The van der Waals surface area contributed by atoms with Crippen molar-refractivity contribution >= 4 is 5.91 Å². The van der Waals surface area contributed by atoms with Crippen LogP contribution < -0.4 is 24.3 Å². The molecule has 29 heavy (non-hydrogen) atoms. The summed E-state index contributed by atoms with van der Waals surface area (Å²) < 4.78 is 49.1. The van der Waals surface area contributed by atoms with Crippen molar-refractivity contribution in [3.63, 3.8) is 0 Å². The molecule has 0 bridgehead atoms. The van der Waals surface area contributed by atoms with E-state index in [4.69, 9.17) is 18.9 Å². The number of rotatable bonds is 5. The number of amides is 1. The molecule has 1 heterocycles. The summed E-state index contributed by atoms with van der Waals surface area (Å²) in [6.45, 7) is 0.212. The molecule has 4 rings (SSSR count). The van der Waals surface area contributed by atoms with Gasteiger partial charge in [-0.3, -0.25) is 4.79 Å². The second kappa shape index (κ2) is 8.14. The maximum Gasteiger partial charge on any atom is 0.254 e. The van der Waals surface area contributed by atoms with Crippen LogP contribution in [0.15, 0.2) is 30.3 Å². The molecule has 0 aromatic heterocycles. The van der Waals surface area contributed by atoms with Crippen molar-refractivity contribution in [3.05, 3.63) is 47.5 Å². The predicted octanol–water partition coefficient (Wildman–Crippen LogP) is 3.82. The number of nitrogens with one attached hydrogen (secondary N) is 1. The summed E-state index contributed by atoms with van der Waals surface area (Å²) in [5.41, 5.74) is -0.234. The van der Waals surface area contributed by atoms with Gasteiger partial charge in [-0.25, -0.2) is 8.78 Å². The predicted molar refractivity (Wildman–Crippen MR) is 99.6 cm³/mol. The Kier molecular flexibility index (Phi) is 5.42. The van der Waals surface area contributed by atoms with E-state index in [1.807, 2.05) is 12.1 Å². The van der Waals surface area contributed by atoms with E-state index in [9.17, 15) is 13.6 Å². The van der Waals surface area contributed by atoms with E-state index in [2.05, 4.69) is 5.32 Å². The Morgan fingerprint density at radius 2 is 1.83 bits per heavy atom. The Morgan fingerprint density at radius 1 is 1.07 bits per heavy atom. The first kappa shape index (κ1) is 19.3. The molecule has 6 nitrogen and oxygen atoms in total. The second-order valence-corrected chi connectivity index (χ2v) is 7.02. The molecule has 2 aromatic carbocycles. The molecule has 1 N–H and O–H groups in total. The van der Waals surface area contributed by atoms with Gasteiger partial charge < -0.3 is 24.3 Å². The molecule has 8 heteroatoms. The van der Waals surface area contributed by atoms with Gasteiger partial charge in [0.25, 0.3) is 5.91 Å². The molecule has 0 radical (unpaired) electrons. The molecule has 1 aliphatic heterocycles. The third kappa shape index (κ3) is 4.06. The third-order valence-electron chi connectivity index (χ3n) is 5.15. The van der Waals surface area contributed by atoms with Gasteiger partial charge in [0.2, 0.25) is 6.79 Å². The van der Waals surface area contributed by atoms with Crippen molar-refractivity contribution in [2.24, 2.45) is 0 Å². The summed E-state index contributed by atoms with van der Waals surface area (Å²) in [7, 11) is 1.16. The van der Waals surface area contributed by atoms with E-state index in [1.165, 1.54) is 0 Å². The standard InChI is InChI=1S/C21H21F2NO5/c1-26-20-16(22)8-7-15(19(20)23)21(25)24-12-2-4-13(5-3-12)29-14-6-9-17-18(10-14)28-11-27-17/h6-10,12-13H,2-5,11H2,1H3,(H,24,25).